The first-order valence-corrected chi connectivity index (χ1v) is 5.94. The number of nitrogens with zero attached hydrogens (tertiary/aromatic N) is 1. The van der Waals surface area contributed by atoms with Crippen molar-refractivity contribution in [3.05, 3.63) is 67.3 Å². The van der Waals surface area contributed by atoms with Gasteiger partial charge in [0.05, 0.1) is 11.6 Å². The molecular formula is C17H14N2. The summed E-state index contributed by atoms with van der Waals surface area (Å²) >= 11 is 0. The van der Waals surface area contributed by atoms with Crippen molar-refractivity contribution in [2.24, 2.45) is 0 Å². The normalized spacial score (nSPS) is 9.42. The molecule has 0 spiro atoms. The second kappa shape index (κ2) is 5.70. The Morgan fingerprint density at radius 2 is 1.68 bits per heavy atom. The highest BCUT2D eigenvalue weighted by Crippen LogP contribution is 2.27. The molecule has 0 amide bonds. The molecule has 3 rings (SSSR count). The number of rotatable bonds is 1. The smallest absolute Gasteiger partial charge is 0.0905 e. The molecule has 3 aromatic rings. The van der Waals surface area contributed by atoms with Crippen LogP contribution in [-0.2, 0) is 0 Å². The number of para-hydroxylation sites is 2. The lowest BCUT2D eigenvalue weighted by Gasteiger charge is -1.94. The van der Waals surface area contributed by atoms with Crippen molar-refractivity contribution in [1.29, 1.82) is 5.26 Å². The number of allylic oxidation sites excluding steroid dienone is 1. The van der Waals surface area contributed by atoms with Gasteiger partial charge in [0.25, 0.3) is 0 Å². The predicted molar refractivity (Wildman–Crippen MR) is 81.7 cm³/mol. The van der Waals surface area contributed by atoms with Gasteiger partial charge in [0.15, 0.2) is 0 Å². The molecule has 0 saturated carbocycles. The minimum absolute atomic E-state index is 1.16. The molecular weight excluding hydrogens is 232 g/mol. The van der Waals surface area contributed by atoms with Crippen molar-refractivity contribution < 1.29 is 0 Å². The van der Waals surface area contributed by atoms with Crippen molar-refractivity contribution in [3.63, 3.8) is 0 Å². The molecule has 0 aliphatic heterocycles. The first-order valence-electron chi connectivity index (χ1n) is 5.94. The highest BCUT2D eigenvalue weighted by molar-refractivity contribution is 6.09. The average Bonchev–Trinajstić information content (AvgIpc) is 2.86. The Morgan fingerprint density at radius 3 is 2.37 bits per heavy atom. The van der Waals surface area contributed by atoms with E-state index in [1.807, 2.05) is 12.1 Å². The van der Waals surface area contributed by atoms with Gasteiger partial charge < -0.3 is 4.98 Å². The van der Waals surface area contributed by atoms with E-state index in [0.29, 0.717) is 0 Å². The molecule has 2 aromatic carbocycles. The number of nitrogens with one attached hydrogen (secondary N) is 1. The maximum absolute atomic E-state index is 7.51. The van der Waals surface area contributed by atoms with E-state index in [9.17, 15) is 0 Å². The minimum Gasteiger partial charge on any atom is -0.354 e. The summed E-state index contributed by atoms with van der Waals surface area (Å²) in [4.78, 5) is 3.43. The molecule has 0 saturated heterocycles. The lowest BCUT2D eigenvalue weighted by atomic mass is 10.1. The predicted octanol–water partition coefficient (Wildman–Crippen LogP) is 4.66. The summed E-state index contributed by atoms with van der Waals surface area (Å²) in [5, 5.41) is 10.0. The monoisotopic (exact) mass is 246 g/mol. The first kappa shape index (κ1) is 12.7. The van der Waals surface area contributed by atoms with Crippen molar-refractivity contribution in [3.8, 4) is 6.07 Å². The Morgan fingerprint density at radius 1 is 1.00 bits per heavy atom. The Bertz CT molecular complexity index is 773. The van der Waals surface area contributed by atoms with Gasteiger partial charge in [0.2, 0.25) is 0 Å². The maximum atomic E-state index is 7.51. The van der Waals surface area contributed by atoms with Crippen LogP contribution in [0.4, 0.5) is 0 Å². The summed E-state index contributed by atoms with van der Waals surface area (Å²) in [6.07, 6.45) is 3.07. The summed E-state index contributed by atoms with van der Waals surface area (Å²) in [7, 11) is 0. The van der Waals surface area contributed by atoms with Crippen molar-refractivity contribution >= 4 is 27.9 Å². The topological polar surface area (TPSA) is 39.6 Å². The van der Waals surface area contributed by atoms with Crippen LogP contribution >= 0.6 is 0 Å². The third-order valence-electron chi connectivity index (χ3n) is 2.88. The van der Waals surface area contributed by atoms with Crippen LogP contribution in [-0.4, -0.2) is 4.98 Å². The van der Waals surface area contributed by atoms with Crippen LogP contribution in [0.15, 0.2) is 61.7 Å². The maximum Gasteiger partial charge on any atom is 0.0905 e. The fourth-order valence-electron chi connectivity index (χ4n) is 2.07. The molecule has 0 unspecified atom stereocenters. The molecule has 92 valence electrons. The summed E-state index contributed by atoms with van der Waals surface area (Å²) in [5.41, 5.74) is 3.51. The molecule has 0 bridgehead atoms. The molecule has 1 N–H and O–H groups in total. The third kappa shape index (κ3) is 2.41. The van der Waals surface area contributed by atoms with E-state index in [1.165, 1.54) is 27.9 Å². The van der Waals surface area contributed by atoms with Crippen LogP contribution in [0.25, 0.3) is 27.9 Å². The van der Waals surface area contributed by atoms with E-state index in [2.05, 4.69) is 54.5 Å². The number of hydrogen-bond donors (Lipinski definition) is 1. The minimum atomic E-state index is 1.16. The molecule has 0 radical (unpaired) electrons. The molecule has 2 nitrogen and oxygen atoms in total. The van der Waals surface area contributed by atoms with E-state index in [1.54, 1.807) is 6.07 Å². The van der Waals surface area contributed by atoms with Crippen LogP contribution in [0.3, 0.4) is 0 Å². The number of nitriles is 1. The van der Waals surface area contributed by atoms with Gasteiger partial charge in [-0.05, 0) is 11.6 Å². The Kier molecular flexibility index (Phi) is 3.80. The van der Waals surface area contributed by atoms with Crippen LogP contribution in [0.1, 0.15) is 5.56 Å². The Hall–Kier alpha value is -2.79. The second-order valence-corrected chi connectivity index (χ2v) is 3.98. The highest BCUT2D eigenvalue weighted by Gasteiger charge is 2.04. The van der Waals surface area contributed by atoms with Crippen molar-refractivity contribution in [2.45, 2.75) is 0 Å². The largest absolute Gasteiger partial charge is 0.354 e. The zero-order chi connectivity index (χ0) is 13.7. The lowest BCUT2D eigenvalue weighted by Crippen LogP contribution is -1.73. The SMILES string of the molecule is C=CC#N.C=Cc1cccc2c1[nH]c1ccccc12. The van der Waals surface area contributed by atoms with Gasteiger partial charge in [-0.2, -0.15) is 5.26 Å². The van der Waals surface area contributed by atoms with Gasteiger partial charge in [0.1, 0.15) is 0 Å². The summed E-state index contributed by atoms with van der Waals surface area (Å²) in [6.45, 7) is 6.95. The van der Waals surface area contributed by atoms with E-state index < -0.39 is 0 Å². The fourth-order valence-corrected chi connectivity index (χ4v) is 2.07. The summed E-state index contributed by atoms with van der Waals surface area (Å²) in [5.74, 6) is 0. The van der Waals surface area contributed by atoms with Crippen LogP contribution in [0.5, 0.6) is 0 Å². The molecule has 0 aliphatic carbocycles. The molecule has 0 atom stereocenters. The van der Waals surface area contributed by atoms with Gasteiger partial charge >= 0.3 is 0 Å². The Balaban J connectivity index is 0.000000297. The zero-order valence-electron chi connectivity index (χ0n) is 10.6. The van der Waals surface area contributed by atoms with Crippen LogP contribution < -0.4 is 0 Å². The van der Waals surface area contributed by atoms with Crippen molar-refractivity contribution in [1.82, 2.24) is 4.98 Å². The number of H-pyrrole nitrogens is 1. The summed E-state index contributed by atoms with van der Waals surface area (Å²) in [6, 6.07) is 16.3. The molecule has 1 heterocycles. The van der Waals surface area contributed by atoms with E-state index in [0.717, 1.165) is 5.56 Å². The van der Waals surface area contributed by atoms with Gasteiger partial charge in [-0.25, -0.2) is 0 Å². The van der Waals surface area contributed by atoms with Crippen molar-refractivity contribution in [2.75, 3.05) is 0 Å². The Labute approximate surface area is 112 Å². The van der Waals surface area contributed by atoms with E-state index in [-0.39, 0.29) is 0 Å². The summed E-state index contributed by atoms with van der Waals surface area (Å²) < 4.78 is 0. The fraction of sp³-hybridized carbons (Fsp3) is 0. The number of benzene rings is 2. The molecule has 0 aliphatic rings. The highest BCUT2D eigenvalue weighted by atomic mass is 14.7. The van der Waals surface area contributed by atoms with E-state index in [4.69, 9.17) is 5.26 Å². The molecule has 2 heteroatoms. The number of hydrogen-bond acceptors (Lipinski definition) is 1. The number of fused-ring (bicyclic) bond motifs is 3. The second-order valence-electron chi connectivity index (χ2n) is 3.98. The van der Waals surface area contributed by atoms with Crippen LogP contribution in [0.2, 0.25) is 0 Å². The third-order valence-corrected chi connectivity index (χ3v) is 2.88. The number of aromatic nitrogens is 1. The zero-order valence-corrected chi connectivity index (χ0v) is 10.6. The quantitative estimate of drug-likeness (QED) is 0.623. The standard InChI is InChI=1S/C14H11N.C3H3N/c1-2-10-6-5-8-12-11-7-3-4-9-13(11)15-14(10)12;1-2-3-4/h2-9,15H,1H2;2H,1H2. The lowest BCUT2D eigenvalue weighted by molar-refractivity contribution is 1.53. The number of aromatic amines is 1. The van der Waals surface area contributed by atoms with Gasteiger partial charge in [-0.3, -0.25) is 0 Å². The van der Waals surface area contributed by atoms with Gasteiger partial charge in [0, 0.05) is 22.4 Å². The average molecular weight is 246 g/mol. The van der Waals surface area contributed by atoms with Gasteiger partial charge in [-0.1, -0.05) is 55.6 Å². The van der Waals surface area contributed by atoms with E-state index >= 15 is 0 Å². The van der Waals surface area contributed by atoms with Crippen LogP contribution in [0, 0.1) is 11.3 Å². The molecule has 0 fully saturated rings. The molecule has 1 aromatic heterocycles. The van der Waals surface area contributed by atoms with Gasteiger partial charge in [-0.15, -0.1) is 0 Å². The first-order chi connectivity index (χ1) is 9.31. The molecule has 19 heavy (non-hydrogen) atoms.